The number of hydrogen-bond donors (Lipinski definition) is 1. The third-order valence-corrected chi connectivity index (χ3v) is 10.8. The number of para-hydroxylation sites is 2. The fourth-order valence-electron chi connectivity index (χ4n) is 7.67. The molecule has 56 heavy (non-hydrogen) atoms. The van der Waals surface area contributed by atoms with Gasteiger partial charge in [-0.1, -0.05) is 103 Å². The third-order valence-electron chi connectivity index (χ3n) is 10.8. The van der Waals surface area contributed by atoms with Gasteiger partial charge in [0, 0.05) is 68.6 Å². The summed E-state index contributed by atoms with van der Waals surface area (Å²) in [5.74, 6) is -0.126. The number of rotatable bonds is 13. The zero-order valence-corrected chi connectivity index (χ0v) is 32.2. The van der Waals surface area contributed by atoms with E-state index in [4.69, 9.17) is 4.74 Å². The van der Waals surface area contributed by atoms with Gasteiger partial charge in [-0.15, -0.1) is 0 Å². The zero-order valence-electron chi connectivity index (χ0n) is 32.2. The topological polar surface area (TPSA) is 85.4 Å². The first-order valence-corrected chi connectivity index (χ1v) is 19.8. The van der Waals surface area contributed by atoms with Crippen LogP contribution in [0.25, 0.3) is 22.3 Å². The first-order chi connectivity index (χ1) is 27.4. The van der Waals surface area contributed by atoms with Gasteiger partial charge in [-0.05, 0) is 80.2 Å². The second-order valence-electron chi connectivity index (χ2n) is 14.7. The number of likely N-dealkylation sites (N-methyl/N-ethyl adjacent to an activating group) is 1. The van der Waals surface area contributed by atoms with Gasteiger partial charge in [0.1, 0.15) is 6.10 Å². The molecule has 5 aromatic carbocycles. The van der Waals surface area contributed by atoms with Crippen LogP contribution in [-0.4, -0.2) is 91.6 Å². The molecule has 1 N–H and O–H groups in total. The van der Waals surface area contributed by atoms with Gasteiger partial charge in [0.2, 0.25) is 5.91 Å². The number of ether oxygens (including phenoxy) is 1. The summed E-state index contributed by atoms with van der Waals surface area (Å²) in [7, 11) is 1.81. The van der Waals surface area contributed by atoms with Gasteiger partial charge >= 0.3 is 6.09 Å². The number of piperidine rings is 1. The Kier molecular flexibility index (Phi) is 12.9. The van der Waals surface area contributed by atoms with Crippen molar-refractivity contribution in [1.29, 1.82) is 0 Å². The predicted molar refractivity (Wildman–Crippen MR) is 224 cm³/mol. The summed E-state index contributed by atoms with van der Waals surface area (Å²) in [6.07, 6.45) is 3.56. The van der Waals surface area contributed by atoms with Gasteiger partial charge < -0.3 is 24.8 Å². The van der Waals surface area contributed by atoms with Crippen LogP contribution in [0.15, 0.2) is 133 Å². The number of amides is 3. The molecule has 2 heterocycles. The standard InChI is InChI=1S/C47H51N5O4/c1-49(46(54)38-19-14-20-39(35-38)48-45(53)27-32-50-28-12-13-29-50)33-34-51-30-25-40(26-31-51)56-47(55)52(43-23-10-8-21-41(43)36-15-4-2-5-16-36)44-24-11-9-22-42(44)37-17-6-3-7-18-37/h2-11,14-24,35,40H,12-13,25-34H2,1H3,(H,48,53). The molecule has 2 aliphatic heterocycles. The maximum Gasteiger partial charge on any atom is 0.419 e. The number of carbonyl (C=O) groups excluding carboxylic acids is 3. The minimum atomic E-state index is -0.412. The summed E-state index contributed by atoms with van der Waals surface area (Å²) in [5, 5.41) is 2.96. The highest BCUT2D eigenvalue weighted by atomic mass is 16.6. The smallest absolute Gasteiger partial charge is 0.419 e. The summed E-state index contributed by atoms with van der Waals surface area (Å²) in [6.45, 7) is 5.64. The Balaban J connectivity index is 0.971. The quantitative estimate of drug-likeness (QED) is 0.129. The molecule has 0 spiro atoms. The molecule has 2 saturated heterocycles. The van der Waals surface area contributed by atoms with Gasteiger partial charge in [-0.25, -0.2) is 9.69 Å². The Labute approximate surface area is 330 Å². The lowest BCUT2D eigenvalue weighted by Gasteiger charge is -2.34. The number of hydrogen-bond acceptors (Lipinski definition) is 6. The fraction of sp³-hybridized carbons (Fsp3) is 0.298. The van der Waals surface area contributed by atoms with Crippen LogP contribution in [0.4, 0.5) is 21.9 Å². The van der Waals surface area contributed by atoms with E-state index in [1.54, 1.807) is 21.9 Å². The molecule has 3 amide bonds. The SMILES string of the molecule is CN(CCN1CCC(OC(=O)N(c2ccccc2-c2ccccc2)c2ccccc2-c2ccccc2)CC1)C(=O)c1cccc(NC(=O)CCN2CCCC2)c1. The zero-order chi connectivity index (χ0) is 38.7. The van der Waals surface area contributed by atoms with Crippen LogP contribution in [0.5, 0.6) is 0 Å². The van der Waals surface area contributed by atoms with E-state index in [1.165, 1.54) is 12.8 Å². The summed E-state index contributed by atoms with van der Waals surface area (Å²) < 4.78 is 6.36. The summed E-state index contributed by atoms with van der Waals surface area (Å²) in [4.78, 5) is 48.5. The van der Waals surface area contributed by atoms with Crippen molar-refractivity contribution in [2.24, 2.45) is 0 Å². The van der Waals surface area contributed by atoms with Crippen LogP contribution < -0.4 is 10.2 Å². The number of likely N-dealkylation sites (tertiary alicyclic amines) is 2. The molecule has 288 valence electrons. The van der Waals surface area contributed by atoms with Gasteiger partial charge in [-0.2, -0.15) is 0 Å². The molecule has 0 aromatic heterocycles. The lowest BCUT2D eigenvalue weighted by Crippen LogP contribution is -2.43. The van der Waals surface area contributed by atoms with E-state index in [9.17, 15) is 14.4 Å². The molecule has 0 atom stereocenters. The molecule has 0 saturated carbocycles. The highest BCUT2D eigenvalue weighted by Gasteiger charge is 2.30. The second-order valence-corrected chi connectivity index (χ2v) is 14.7. The average Bonchev–Trinajstić information content (AvgIpc) is 3.78. The minimum Gasteiger partial charge on any atom is -0.445 e. The number of nitrogens with one attached hydrogen (secondary N) is 1. The van der Waals surface area contributed by atoms with Crippen LogP contribution in [0, 0.1) is 0 Å². The fourth-order valence-corrected chi connectivity index (χ4v) is 7.67. The minimum absolute atomic E-state index is 0.0364. The average molecular weight is 750 g/mol. The van der Waals surface area contributed by atoms with Crippen molar-refractivity contribution in [3.63, 3.8) is 0 Å². The van der Waals surface area contributed by atoms with E-state index in [1.807, 2.05) is 104 Å². The molecule has 5 aromatic rings. The summed E-state index contributed by atoms with van der Waals surface area (Å²) in [6, 6.07) is 43.4. The van der Waals surface area contributed by atoms with Crippen molar-refractivity contribution in [2.75, 3.05) is 63.1 Å². The number of anilines is 3. The number of carbonyl (C=O) groups is 3. The molecular weight excluding hydrogens is 699 g/mol. The van der Waals surface area contributed by atoms with Crippen molar-refractivity contribution >= 4 is 35.0 Å². The van der Waals surface area contributed by atoms with Gasteiger partial charge in [0.05, 0.1) is 11.4 Å². The van der Waals surface area contributed by atoms with Crippen molar-refractivity contribution < 1.29 is 19.1 Å². The maximum absolute atomic E-state index is 14.5. The largest absolute Gasteiger partial charge is 0.445 e. The highest BCUT2D eigenvalue weighted by Crippen LogP contribution is 2.40. The van der Waals surface area contributed by atoms with E-state index in [-0.39, 0.29) is 17.9 Å². The second kappa shape index (κ2) is 18.7. The summed E-state index contributed by atoms with van der Waals surface area (Å²) >= 11 is 0. The Hall–Kier alpha value is -5.77. The van der Waals surface area contributed by atoms with Crippen LogP contribution in [0.3, 0.4) is 0 Å². The molecule has 0 bridgehead atoms. The molecule has 7 rings (SSSR count). The van der Waals surface area contributed by atoms with Crippen molar-refractivity contribution in [3.8, 4) is 22.3 Å². The normalized spacial score (nSPS) is 14.9. The lowest BCUT2D eigenvalue weighted by molar-refractivity contribution is -0.116. The van der Waals surface area contributed by atoms with E-state index < -0.39 is 6.09 Å². The monoisotopic (exact) mass is 749 g/mol. The Morgan fingerprint density at radius 2 is 1.21 bits per heavy atom. The van der Waals surface area contributed by atoms with Gasteiger partial charge in [0.25, 0.3) is 5.91 Å². The van der Waals surface area contributed by atoms with E-state index in [2.05, 4.69) is 39.4 Å². The summed E-state index contributed by atoms with van der Waals surface area (Å²) in [5.41, 5.74) is 6.58. The van der Waals surface area contributed by atoms with Crippen molar-refractivity contribution in [2.45, 2.75) is 38.2 Å². The van der Waals surface area contributed by atoms with Crippen molar-refractivity contribution in [3.05, 3.63) is 139 Å². The van der Waals surface area contributed by atoms with Crippen molar-refractivity contribution in [1.82, 2.24) is 14.7 Å². The number of nitrogens with zero attached hydrogens (tertiary/aromatic N) is 4. The van der Waals surface area contributed by atoms with Crippen LogP contribution in [-0.2, 0) is 9.53 Å². The Bertz CT molecular complexity index is 1990. The van der Waals surface area contributed by atoms with Gasteiger partial charge in [-0.3, -0.25) is 9.59 Å². The molecule has 0 radical (unpaired) electrons. The van der Waals surface area contributed by atoms with E-state index in [0.29, 0.717) is 43.6 Å². The predicted octanol–water partition coefficient (Wildman–Crippen LogP) is 8.96. The number of benzene rings is 5. The molecule has 9 nitrogen and oxygen atoms in total. The Morgan fingerprint density at radius 1 is 0.661 bits per heavy atom. The first-order valence-electron chi connectivity index (χ1n) is 19.8. The highest BCUT2D eigenvalue weighted by molar-refractivity contribution is 6.04. The van der Waals surface area contributed by atoms with E-state index >= 15 is 0 Å². The van der Waals surface area contributed by atoms with Gasteiger partial charge in [0.15, 0.2) is 0 Å². The van der Waals surface area contributed by atoms with Crippen LogP contribution in [0.2, 0.25) is 0 Å². The molecule has 0 unspecified atom stereocenters. The molecular formula is C47H51N5O4. The first kappa shape index (κ1) is 38.5. The van der Waals surface area contributed by atoms with Crippen LogP contribution >= 0.6 is 0 Å². The lowest BCUT2D eigenvalue weighted by atomic mass is 10.00. The molecule has 0 aliphatic carbocycles. The Morgan fingerprint density at radius 3 is 1.82 bits per heavy atom. The molecule has 2 aliphatic rings. The molecule has 9 heteroatoms. The van der Waals surface area contributed by atoms with Crippen LogP contribution in [0.1, 0.15) is 42.5 Å². The molecule has 2 fully saturated rings. The maximum atomic E-state index is 14.5. The third kappa shape index (κ3) is 9.72. The van der Waals surface area contributed by atoms with E-state index in [0.717, 1.165) is 66.4 Å².